The fourth-order valence-electron chi connectivity index (χ4n) is 2.29. The van der Waals surface area contributed by atoms with Crippen molar-refractivity contribution in [2.45, 2.75) is 20.4 Å². The minimum atomic E-state index is -0.272. The van der Waals surface area contributed by atoms with E-state index in [1.165, 1.54) is 0 Å². The Balaban J connectivity index is 2.00. The van der Waals surface area contributed by atoms with Crippen molar-refractivity contribution in [2.75, 3.05) is 20.3 Å². The third kappa shape index (κ3) is 4.17. The van der Waals surface area contributed by atoms with E-state index < -0.39 is 0 Å². The van der Waals surface area contributed by atoms with Gasteiger partial charge in [0.05, 0.1) is 17.6 Å². The first-order chi connectivity index (χ1) is 11.1. The molecule has 8 heteroatoms. The zero-order valence-electron chi connectivity index (χ0n) is 13.5. The van der Waals surface area contributed by atoms with Gasteiger partial charge >= 0.3 is 0 Å². The molecule has 7 nitrogen and oxygen atoms in total. The summed E-state index contributed by atoms with van der Waals surface area (Å²) in [5, 5.41) is 3.24. The zero-order chi connectivity index (χ0) is 16.8. The van der Waals surface area contributed by atoms with E-state index >= 15 is 0 Å². The van der Waals surface area contributed by atoms with Crippen molar-refractivity contribution in [3.8, 4) is 0 Å². The molecule has 1 aromatic carbocycles. The largest absolute Gasteiger partial charge is 0.383 e. The van der Waals surface area contributed by atoms with E-state index in [2.05, 4.69) is 32.6 Å². The van der Waals surface area contributed by atoms with Crippen molar-refractivity contribution in [1.82, 2.24) is 25.7 Å². The molecule has 2 rings (SSSR count). The first-order valence-electron chi connectivity index (χ1n) is 7.36. The maximum absolute atomic E-state index is 12.2. The van der Waals surface area contributed by atoms with E-state index in [0.29, 0.717) is 23.8 Å². The molecule has 0 aliphatic heterocycles. The van der Waals surface area contributed by atoms with Crippen LogP contribution in [0.4, 0.5) is 0 Å². The van der Waals surface area contributed by atoms with Crippen LogP contribution in [0.1, 0.15) is 23.1 Å². The number of carbonyl (C=O) groups excluding carboxylic acids is 1. The number of aromatic nitrogens is 2. The van der Waals surface area contributed by atoms with Crippen LogP contribution in [-0.2, 0) is 11.3 Å². The van der Waals surface area contributed by atoms with Crippen molar-refractivity contribution in [3.63, 3.8) is 0 Å². The number of amides is 1. The van der Waals surface area contributed by atoms with Crippen LogP contribution in [0.2, 0.25) is 0 Å². The molecular weight excluding hydrogens is 314 g/mol. The molecule has 1 heterocycles. The van der Waals surface area contributed by atoms with Gasteiger partial charge in [0, 0.05) is 25.8 Å². The molecule has 1 aromatic heterocycles. The number of fused-ring (bicyclic) bond motifs is 1. The highest BCUT2D eigenvalue weighted by Gasteiger charge is 2.11. The summed E-state index contributed by atoms with van der Waals surface area (Å²) in [5.74, 6) is 0.660. The number of thiocarbonyl (C=S) groups is 1. The number of hydrazine groups is 1. The van der Waals surface area contributed by atoms with E-state index in [0.717, 1.165) is 23.4 Å². The van der Waals surface area contributed by atoms with Crippen LogP contribution in [0.15, 0.2) is 18.2 Å². The maximum atomic E-state index is 12.2. The summed E-state index contributed by atoms with van der Waals surface area (Å²) in [6.45, 7) is 5.96. The molecule has 0 atom stereocenters. The number of benzene rings is 1. The predicted octanol–water partition coefficient (Wildman–Crippen LogP) is 1.12. The molecule has 124 valence electrons. The summed E-state index contributed by atoms with van der Waals surface area (Å²) < 4.78 is 7.00. The van der Waals surface area contributed by atoms with Gasteiger partial charge in [-0.3, -0.25) is 15.6 Å². The first-order valence-corrected chi connectivity index (χ1v) is 7.77. The van der Waals surface area contributed by atoms with Crippen molar-refractivity contribution >= 4 is 34.3 Å². The van der Waals surface area contributed by atoms with Crippen molar-refractivity contribution in [2.24, 2.45) is 0 Å². The summed E-state index contributed by atoms with van der Waals surface area (Å²) in [7, 11) is 1.61. The number of hydrogen-bond donors (Lipinski definition) is 3. The van der Waals surface area contributed by atoms with Gasteiger partial charge in [-0.05, 0) is 44.3 Å². The van der Waals surface area contributed by atoms with E-state index in [1.807, 2.05) is 13.0 Å². The lowest BCUT2D eigenvalue weighted by molar-refractivity contribution is 0.0943. The lowest BCUT2D eigenvalue weighted by Crippen LogP contribution is -2.47. The van der Waals surface area contributed by atoms with Crippen molar-refractivity contribution in [3.05, 3.63) is 29.6 Å². The summed E-state index contributed by atoms with van der Waals surface area (Å²) in [4.78, 5) is 16.6. The third-order valence-corrected chi connectivity index (χ3v) is 3.65. The van der Waals surface area contributed by atoms with Crippen LogP contribution >= 0.6 is 12.2 Å². The lowest BCUT2D eigenvalue weighted by atomic mass is 10.2. The van der Waals surface area contributed by atoms with Gasteiger partial charge in [-0.1, -0.05) is 0 Å². The number of ether oxygens (including phenoxy) is 1. The molecule has 1 amide bonds. The molecule has 0 fully saturated rings. The SMILES string of the molecule is CCn1c(C)nc2cc(C(=O)NNC(=S)NCCOC)ccc21. The smallest absolute Gasteiger partial charge is 0.269 e. The van der Waals surface area contributed by atoms with Crippen LogP contribution in [0.25, 0.3) is 11.0 Å². The highest BCUT2D eigenvalue weighted by Crippen LogP contribution is 2.17. The number of nitrogens with one attached hydrogen (secondary N) is 3. The van der Waals surface area contributed by atoms with Gasteiger partial charge in [-0.15, -0.1) is 0 Å². The summed E-state index contributed by atoms with van der Waals surface area (Å²) >= 11 is 5.04. The number of imidazole rings is 1. The highest BCUT2D eigenvalue weighted by atomic mass is 32.1. The molecule has 0 aliphatic carbocycles. The van der Waals surface area contributed by atoms with Crippen LogP contribution < -0.4 is 16.2 Å². The monoisotopic (exact) mass is 335 g/mol. The topological polar surface area (TPSA) is 80.2 Å². The molecule has 0 saturated carbocycles. The Bertz CT molecular complexity index is 713. The van der Waals surface area contributed by atoms with Gasteiger partial charge in [0.2, 0.25) is 0 Å². The summed E-state index contributed by atoms with van der Waals surface area (Å²) in [5.41, 5.74) is 7.56. The average Bonchev–Trinajstić information content (AvgIpc) is 2.86. The second-order valence-corrected chi connectivity index (χ2v) is 5.34. The molecule has 0 bridgehead atoms. The Morgan fingerprint density at radius 3 is 2.87 bits per heavy atom. The van der Waals surface area contributed by atoms with Crippen LogP contribution in [0.3, 0.4) is 0 Å². The van der Waals surface area contributed by atoms with Gasteiger partial charge in [0.15, 0.2) is 5.11 Å². The Hall–Kier alpha value is -2.19. The number of methoxy groups -OCH3 is 1. The number of hydrogen-bond acceptors (Lipinski definition) is 4. The molecule has 0 radical (unpaired) electrons. The van der Waals surface area contributed by atoms with Crippen LogP contribution in [0, 0.1) is 6.92 Å². The fourth-order valence-corrected chi connectivity index (χ4v) is 2.44. The van der Waals surface area contributed by atoms with Gasteiger partial charge in [-0.25, -0.2) is 4.98 Å². The highest BCUT2D eigenvalue weighted by molar-refractivity contribution is 7.80. The van der Waals surface area contributed by atoms with Crippen molar-refractivity contribution in [1.29, 1.82) is 0 Å². The van der Waals surface area contributed by atoms with Crippen LogP contribution in [0.5, 0.6) is 0 Å². The maximum Gasteiger partial charge on any atom is 0.269 e. The summed E-state index contributed by atoms with van der Waals surface area (Å²) in [6.07, 6.45) is 0. The summed E-state index contributed by atoms with van der Waals surface area (Å²) in [6, 6.07) is 5.45. The molecule has 2 aromatic rings. The number of carbonyl (C=O) groups is 1. The lowest BCUT2D eigenvalue weighted by Gasteiger charge is -2.11. The Kier molecular flexibility index (Phi) is 5.89. The van der Waals surface area contributed by atoms with E-state index in [1.54, 1.807) is 19.2 Å². The second-order valence-electron chi connectivity index (χ2n) is 4.93. The second kappa shape index (κ2) is 7.89. The van der Waals surface area contributed by atoms with Gasteiger partial charge in [-0.2, -0.15) is 0 Å². The molecule has 0 spiro atoms. The molecule has 0 aliphatic rings. The van der Waals surface area contributed by atoms with Crippen molar-refractivity contribution < 1.29 is 9.53 Å². The quantitative estimate of drug-likeness (QED) is 0.432. The minimum absolute atomic E-state index is 0.272. The molecular formula is C15H21N5O2S. The first kappa shape index (κ1) is 17.2. The molecule has 0 unspecified atom stereocenters. The Morgan fingerprint density at radius 2 is 2.17 bits per heavy atom. The van der Waals surface area contributed by atoms with Gasteiger partial charge in [0.25, 0.3) is 5.91 Å². The number of aryl methyl sites for hydroxylation is 2. The molecule has 23 heavy (non-hydrogen) atoms. The van der Waals surface area contributed by atoms with E-state index in [-0.39, 0.29) is 5.91 Å². The molecule has 0 saturated heterocycles. The Morgan fingerprint density at radius 1 is 1.39 bits per heavy atom. The van der Waals surface area contributed by atoms with Crippen LogP contribution in [-0.4, -0.2) is 40.8 Å². The van der Waals surface area contributed by atoms with Gasteiger partial charge < -0.3 is 14.6 Å². The predicted molar refractivity (Wildman–Crippen MR) is 93.2 cm³/mol. The standard InChI is InChI=1S/C15H21N5O2S/c1-4-20-10(2)17-12-9-11(5-6-13(12)20)14(21)18-19-15(23)16-7-8-22-3/h5-6,9H,4,7-8H2,1-3H3,(H,18,21)(H2,16,19,23). The minimum Gasteiger partial charge on any atom is -0.383 e. The molecule has 3 N–H and O–H groups in total. The van der Waals surface area contributed by atoms with E-state index in [9.17, 15) is 4.79 Å². The van der Waals surface area contributed by atoms with Gasteiger partial charge in [0.1, 0.15) is 5.82 Å². The zero-order valence-corrected chi connectivity index (χ0v) is 14.3. The number of nitrogens with zero attached hydrogens (tertiary/aromatic N) is 2. The fraction of sp³-hybridized carbons (Fsp3) is 0.400. The normalized spacial score (nSPS) is 10.6. The number of rotatable bonds is 5. The Labute approximate surface area is 140 Å². The third-order valence-electron chi connectivity index (χ3n) is 3.40. The average molecular weight is 335 g/mol. The van der Waals surface area contributed by atoms with E-state index in [4.69, 9.17) is 17.0 Å².